The maximum atomic E-state index is 12.4. The van der Waals surface area contributed by atoms with E-state index in [1.165, 1.54) is 10.2 Å². The molecule has 0 bridgehead atoms. The van der Waals surface area contributed by atoms with E-state index < -0.39 is 6.10 Å². The van der Waals surface area contributed by atoms with E-state index in [9.17, 15) is 4.79 Å². The topological polar surface area (TPSA) is 56.5 Å². The molecule has 1 aromatic heterocycles. The molecule has 1 aliphatic heterocycles. The van der Waals surface area contributed by atoms with E-state index in [2.05, 4.69) is 10.3 Å². The third-order valence-electron chi connectivity index (χ3n) is 3.55. The number of rotatable bonds is 2. The fraction of sp³-hybridized carbons (Fsp3) is 0.312. The Bertz CT molecular complexity index is 714. The number of carbonyl (C=O) groups is 1. The number of hydrogen-bond acceptors (Lipinski definition) is 4. The molecule has 0 fully saturated rings. The van der Waals surface area contributed by atoms with Crippen molar-refractivity contribution >= 4 is 11.6 Å². The molecule has 1 aromatic carbocycles. The zero-order valence-electron chi connectivity index (χ0n) is 12.3. The lowest BCUT2D eigenvalue weighted by Gasteiger charge is -2.08. The summed E-state index contributed by atoms with van der Waals surface area (Å²) in [6, 6.07) is 9.90. The van der Waals surface area contributed by atoms with E-state index >= 15 is 0 Å². The first-order chi connectivity index (χ1) is 10.0. The molecular weight excluding hydrogens is 266 g/mol. The van der Waals surface area contributed by atoms with Crippen molar-refractivity contribution in [3.05, 3.63) is 52.8 Å². The van der Waals surface area contributed by atoms with Crippen LogP contribution in [0.5, 0.6) is 0 Å². The second kappa shape index (κ2) is 5.16. The predicted octanol–water partition coefficient (Wildman–Crippen LogP) is 2.64. The Kier molecular flexibility index (Phi) is 3.33. The smallest absolute Gasteiger partial charge is 0.291 e. The molecule has 3 rings (SSSR count). The van der Waals surface area contributed by atoms with Crippen LogP contribution in [-0.2, 0) is 4.84 Å². The van der Waals surface area contributed by atoms with Crippen LogP contribution in [0, 0.1) is 20.8 Å². The van der Waals surface area contributed by atoms with E-state index in [0.717, 1.165) is 22.7 Å². The minimum absolute atomic E-state index is 0.175. The maximum Gasteiger partial charge on any atom is 0.291 e. The van der Waals surface area contributed by atoms with Crippen LogP contribution in [0.1, 0.15) is 33.7 Å². The Labute approximate surface area is 123 Å². The zero-order valence-corrected chi connectivity index (χ0v) is 12.3. The highest BCUT2D eigenvalue weighted by atomic mass is 16.6. The third-order valence-corrected chi connectivity index (χ3v) is 3.55. The fourth-order valence-electron chi connectivity index (χ4n) is 2.41. The maximum absolute atomic E-state index is 12.4. The quantitative estimate of drug-likeness (QED) is 0.851. The van der Waals surface area contributed by atoms with Gasteiger partial charge in [-0.1, -0.05) is 35.0 Å². The van der Waals surface area contributed by atoms with Crippen LogP contribution >= 0.6 is 0 Å². The summed E-state index contributed by atoms with van der Waals surface area (Å²) in [6.07, 6.45) is -0.125. The molecule has 1 atom stereocenters. The van der Waals surface area contributed by atoms with Crippen molar-refractivity contribution < 1.29 is 9.63 Å². The third kappa shape index (κ3) is 2.59. The van der Waals surface area contributed by atoms with Gasteiger partial charge in [-0.05, 0) is 32.4 Å². The number of carbonyl (C=O) groups excluding carboxylic acids is 1. The van der Waals surface area contributed by atoms with Crippen molar-refractivity contribution in [2.45, 2.75) is 33.3 Å². The van der Waals surface area contributed by atoms with Crippen molar-refractivity contribution in [3.63, 3.8) is 0 Å². The summed E-state index contributed by atoms with van der Waals surface area (Å²) in [5, 5.41) is 8.26. The summed E-state index contributed by atoms with van der Waals surface area (Å²) in [4.78, 5) is 17.7. The molecule has 21 heavy (non-hydrogen) atoms. The Hall–Kier alpha value is -2.43. The molecular formula is C16H17N3O2. The van der Waals surface area contributed by atoms with Crippen LogP contribution in [0.3, 0.4) is 0 Å². The SMILES string of the molecule is Cc1ccc(C2=NO[C@@H](C(=O)n3nc(C)cc3C)C2)cc1. The summed E-state index contributed by atoms with van der Waals surface area (Å²) in [5.41, 5.74) is 4.61. The molecule has 0 N–H and O–H groups in total. The van der Waals surface area contributed by atoms with Crippen LogP contribution in [-0.4, -0.2) is 27.5 Å². The van der Waals surface area contributed by atoms with Crippen molar-refractivity contribution in [2.24, 2.45) is 5.16 Å². The van der Waals surface area contributed by atoms with Gasteiger partial charge in [-0.2, -0.15) is 5.10 Å². The molecule has 5 nitrogen and oxygen atoms in total. The Morgan fingerprint density at radius 3 is 2.57 bits per heavy atom. The van der Waals surface area contributed by atoms with Gasteiger partial charge >= 0.3 is 0 Å². The first kappa shape index (κ1) is 13.5. The number of oxime groups is 1. The van der Waals surface area contributed by atoms with E-state index in [4.69, 9.17) is 4.84 Å². The summed E-state index contributed by atoms with van der Waals surface area (Å²) in [5.74, 6) is -0.175. The van der Waals surface area contributed by atoms with Gasteiger partial charge in [-0.3, -0.25) is 4.79 Å². The van der Waals surface area contributed by atoms with E-state index in [-0.39, 0.29) is 5.91 Å². The molecule has 1 aliphatic rings. The Balaban J connectivity index is 1.75. The summed E-state index contributed by atoms with van der Waals surface area (Å²) in [7, 11) is 0. The molecule has 0 radical (unpaired) electrons. The molecule has 0 spiro atoms. The summed E-state index contributed by atoms with van der Waals surface area (Å²) in [6.45, 7) is 5.75. The van der Waals surface area contributed by atoms with Gasteiger partial charge in [0.15, 0.2) is 0 Å². The zero-order chi connectivity index (χ0) is 15.0. The molecule has 0 saturated heterocycles. The molecule has 0 unspecified atom stereocenters. The first-order valence-corrected chi connectivity index (χ1v) is 6.92. The number of hydrogen-bond donors (Lipinski definition) is 0. The number of benzene rings is 1. The molecule has 2 aromatic rings. The van der Waals surface area contributed by atoms with Crippen LogP contribution in [0.25, 0.3) is 0 Å². The highest BCUT2D eigenvalue weighted by molar-refractivity contribution is 6.04. The lowest BCUT2D eigenvalue weighted by molar-refractivity contribution is 0.0452. The average molecular weight is 283 g/mol. The summed E-state index contributed by atoms with van der Waals surface area (Å²) >= 11 is 0. The normalized spacial score (nSPS) is 17.5. The molecule has 2 heterocycles. The van der Waals surface area contributed by atoms with Crippen LogP contribution in [0.15, 0.2) is 35.5 Å². The second-order valence-electron chi connectivity index (χ2n) is 5.38. The van der Waals surface area contributed by atoms with Crippen molar-refractivity contribution in [2.75, 3.05) is 0 Å². The Morgan fingerprint density at radius 1 is 1.24 bits per heavy atom. The van der Waals surface area contributed by atoms with Crippen molar-refractivity contribution in [1.29, 1.82) is 0 Å². The van der Waals surface area contributed by atoms with Crippen LogP contribution in [0.4, 0.5) is 0 Å². The number of nitrogens with zero attached hydrogens (tertiary/aromatic N) is 3. The van der Waals surface area contributed by atoms with E-state index in [1.807, 2.05) is 51.1 Å². The van der Waals surface area contributed by atoms with Gasteiger partial charge in [0.1, 0.15) is 0 Å². The highest BCUT2D eigenvalue weighted by Crippen LogP contribution is 2.19. The first-order valence-electron chi connectivity index (χ1n) is 6.92. The molecule has 108 valence electrons. The van der Waals surface area contributed by atoms with E-state index in [0.29, 0.717) is 6.42 Å². The molecule has 0 aliphatic carbocycles. The van der Waals surface area contributed by atoms with Crippen molar-refractivity contribution in [3.8, 4) is 0 Å². The lowest BCUT2D eigenvalue weighted by atomic mass is 10.0. The molecule has 0 saturated carbocycles. The van der Waals surface area contributed by atoms with Gasteiger partial charge in [0.05, 0.1) is 11.4 Å². The minimum atomic E-state index is -0.598. The largest absolute Gasteiger partial charge is 0.382 e. The predicted molar refractivity (Wildman–Crippen MR) is 79.5 cm³/mol. The van der Waals surface area contributed by atoms with Crippen LogP contribution < -0.4 is 0 Å². The monoisotopic (exact) mass is 283 g/mol. The van der Waals surface area contributed by atoms with Gasteiger partial charge in [-0.25, -0.2) is 4.68 Å². The number of aryl methyl sites for hydroxylation is 3. The van der Waals surface area contributed by atoms with Crippen LogP contribution in [0.2, 0.25) is 0 Å². The van der Waals surface area contributed by atoms with Gasteiger partial charge in [0, 0.05) is 12.1 Å². The molecule has 0 amide bonds. The van der Waals surface area contributed by atoms with Crippen molar-refractivity contribution in [1.82, 2.24) is 9.78 Å². The lowest BCUT2D eigenvalue weighted by Crippen LogP contribution is -2.28. The fourth-order valence-corrected chi connectivity index (χ4v) is 2.41. The average Bonchev–Trinajstić information content (AvgIpc) is 3.06. The second-order valence-corrected chi connectivity index (χ2v) is 5.38. The van der Waals surface area contributed by atoms with Gasteiger partial charge in [-0.15, -0.1) is 0 Å². The van der Waals surface area contributed by atoms with Gasteiger partial charge in [0.2, 0.25) is 6.10 Å². The number of aromatic nitrogens is 2. The highest BCUT2D eigenvalue weighted by Gasteiger charge is 2.31. The van der Waals surface area contributed by atoms with Gasteiger partial charge in [0.25, 0.3) is 5.91 Å². The minimum Gasteiger partial charge on any atom is -0.382 e. The molecule has 5 heteroatoms. The Morgan fingerprint density at radius 2 is 1.95 bits per heavy atom. The van der Waals surface area contributed by atoms with Gasteiger partial charge < -0.3 is 4.84 Å². The van der Waals surface area contributed by atoms with E-state index in [1.54, 1.807) is 0 Å². The summed E-state index contributed by atoms with van der Waals surface area (Å²) < 4.78 is 1.40. The standard InChI is InChI=1S/C16H17N3O2/c1-10-4-6-13(7-5-10)14-9-15(21-18-14)16(20)19-12(3)8-11(2)17-19/h4-8,15H,9H2,1-3H3/t15-/m1/s1.